The number of carbonyl (C=O) groups excluding carboxylic acids is 1. The largest absolute Gasteiger partial charge is 0.281 e. The first-order valence-electron chi connectivity index (χ1n) is 6.80. The highest BCUT2D eigenvalue weighted by molar-refractivity contribution is 9.10. The molecule has 8 heteroatoms. The molecular weight excluding hydrogens is 394 g/mol. The van der Waals surface area contributed by atoms with Crippen molar-refractivity contribution in [3.05, 3.63) is 73.6 Å². The fourth-order valence-corrected chi connectivity index (χ4v) is 3.37. The number of nitrogens with zero attached hydrogens (tertiary/aromatic N) is 2. The summed E-state index contributed by atoms with van der Waals surface area (Å²) in [6.45, 7) is 0. The molecule has 0 aliphatic heterocycles. The van der Waals surface area contributed by atoms with Crippen LogP contribution in [-0.2, 0) is 0 Å². The van der Waals surface area contributed by atoms with Crippen molar-refractivity contribution in [1.82, 2.24) is 5.43 Å². The number of hydrazone groups is 1. The minimum Gasteiger partial charge on any atom is -0.266 e. The lowest BCUT2D eigenvalue weighted by atomic mass is 10.2. The van der Waals surface area contributed by atoms with Crippen molar-refractivity contribution in [1.29, 1.82) is 0 Å². The van der Waals surface area contributed by atoms with E-state index in [1.54, 1.807) is 18.3 Å². The van der Waals surface area contributed by atoms with E-state index < -0.39 is 4.92 Å². The Bertz CT molecular complexity index is 968. The van der Waals surface area contributed by atoms with E-state index in [0.717, 1.165) is 14.7 Å². The summed E-state index contributed by atoms with van der Waals surface area (Å²) in [7, 11) is 0. The first-order valence-corrected chi connectivity index (χ1v) is 8.41. The Balaban J connectivity index is 1.76. The third-order valence-electron chi connectivity index (χ3n) is 3.21. The van der Waals surface area contributed by atoms with Crippen molar-refractivity contribution in [2.75, 3.05) is 0 Å². The fraction of sp³-hybridized carbons (Fsp3) is 0. The van der Waals surface area contributed by atoms with Gasteiger partial charge < -0.3 is 0 Å². The molecule has 0 aliphatic carbocycles. The molecule has 0 aliphatic rings. The van der Waals surface area contributed by atoms with Gasteiger partial charge in [-0.1, -0.05) is 34.1 Å². The Labute approximate surface area is 149 Å². The van der Waals surface area contributed by atoms with Gasteiger partial charge in [0.15, 0.2) is 0 Å². The predicted molar refractivity (Wildman–Crippen MR) is 97.7 cm³/mol. The van der Waals surface area contributed by atoms with E-state index >= 15 is 0 Å². The minimum atomic E-state index is -0.459. The zero-order valence-electron chi connectivity index (χ0n) is 12.1. The summed E-state index contributed by atoms with van der Waals surface area (Å²) in [5.41, 5.74) is 3.30. The van der Waals surface area contributed by atoms with Crippen LogP contribution in [0.1, 0.15) is 15.2 Å². The highest BCUT2D eigenvalue weighted by atomic mass is 79.9. The molecule has 1 N–H and O–H groups in total. The Kier molecular flexibility index (Phi) is 4.68. The Morgan fingerprint density at radius 2 is 2.04 bits per heavy atom. The predicted octanol–water partition coefficient (Wildman–Crippen LogP) is 4.34. The van der Waals surface area contributed by atoms with Gasteiger partial charge in [0.2, 0.25) is 0 Å². The van der Waals surface area contributed by atoms with Crippen LogP contribution in [0.2, 0.25) is 0 Å². The number of carbonyl (C=O) groups is 1. The molecule has 120 valence electrons. The Hall–Kier alpha value is -2.58. The number of rotatable bonds is 4. The lowest BCUT2D eigenvalue weighted by Crippen LogP contribution is -2.16. The normalized spacial score (nSPS) is 11.0. The molecule has 24 heavy (non-hydrogen) atoms. The number of nitrogens with one attached hydrogen (secondary N) is 1. The van der Waals surface area contributed by atoms with E-state index in [2.05, 4.69) is 26.5 Å². The number of fused-ring (bicyclic) bond motifs is 1. The summed E-state index contributed by atoms with van der Waals surface area (Å²) in [4.78, 5) is 22.9. The number of amides is 1. The molecule has 1 heterocycles. The molecule has 6 nitrogen and oxygen atoms in total. The second kappa shape index (κ2) is 6.90. The molecule has 0 saturated carbocycles. The van der Waals surface area contributed by atoms with E-state index in [1.807, 2.05) is 24.3 Å². The van der Waals surface area contributed by atoms with Gasteiger partial charge in [-0.3, -0.25) is 14.9 Å². The molecule has 0 saturated heterocycles. The number of halogens is 1. The second-order valence-corrected chi connectivity index (χ2v) is 6.75. The maximum absolute atomic E-state index is 12.1. The SMILES string of the molecule is O=C(N/N=C\c1ccccc1Br)c1cc2cc([N+](=O)[O-])ccc2s1. The number of hydrogen-bond acceptors (Lipinski definition) is 5. The topological polar surface area (TPSA) is 84.6 Å². The Morgan fingerprint density at radius 1 is 1.25 bits per heavy atom. The zero-order valence-corrected chi connectivity index (χ0v) is 14.5. The average molecular weight is 404 g/mol. The van der Waals surface area contributed by atoms with E-state index in [9.17, 15) is 14.9 Å². The number of nitro benzene ring substituents is 1. The van der Waals surface area contributed by atoms with Crippen LogP contribution in [0, 0.1) is 10.1 Å². The third-order valence-corrected chi connectivity index (χ3v) is 5.05. The van der Waals surface area contributed by atoms with Crippen LogP contribution in [0.25, 0.3) is 10.1 Å². The van der Waals surface area contributed by atoms with Gasteiger partial charge in [-0.25, -0.2) is 5.43 Å². The quantitative estimate of drug-likeness (QED) is 0.399. The van der Waals surface area contributed by atoms with Crippen molar-refractivity contribution < 1.29 is 9.72 Å². The van der Waals surface area contributed by atoms with Crippen LogP contribution in [-0.4, -0.2) is 17.0 Å². The number of hydrogen-bond donors (Lipinski definition) is 1. The molecule has 0 unspecified atom stereocenters. The van der Waals surface area contributed by atoms with Crippen LogP contribution in [0.15, 0.2) is 58.1 Å². The third kappa shape index (κ3) is 3.50. The van der Waals surface area contributed by atoms with Gasteiger partial charge in [0, 0.05) is 32.3 Å². The fourth-order valence-electron chi connectivity index (χ4n) is 2.05. The van der Waals surface area contributed by atoms with Crippen molar-refractivity contribution in [3.63, 3.8) is 0 Å². The van der Waals surface area contributed by atoms with E-state index in [-0.39, 0.29) is 11.6 Å². The standard InChI is InChI=1S/C16H10BrN3O3S/c17-13-4-2-1-3-10(13)9-18-19-16(21)15-8-11-7-12(20(22)23)5-6-14(11)24-15/h1-9H,(H,19,21)/b18-9-. The number of non-ortho nitro benzene ring substituents is 1. The van der Waals surface area contributed by atoms with Crippen molar-refractivity contribution >= 4 is 55.2 Å². The van der Waals surface area contributed by atoms with Crippen LogP contribution in [0.5, 0.6) is 0 Å². The van der Waals surface area contributed by atoms with Gasteiger partial charge in [-0.05, 0) is 18.2 Å². The molecule has 3 aromatic rings. The molecule has 2 aromatic carbocycles. The van der Waals surface area contributed by atoms with Gasteiger partial charge in [-0.2, -0.15) is 5.10 Å². The summed E-state index contributed by atoms with van der Waals surface area (Å²) in [6.07, 6.45) is 1.54. The van der Waals surface area contributed by atoms with Gasteiger partial charge in [0.25, 0.3) is 11.6 Å². The Morgan fingerprint density at radius 3 is 2.79 bits per heavy atom. The van der Waals surface area contributed by atoms with Crippen LogP contribution in [0.4, 0.5) is 5.69 Å². The highest BCUT2D eigenvalue weighted by Crippen LogP contribution is 2.28. The molecule has 1 amide bonds. The van der Waals surface area contributed by atoms with Gasteiger partial charge in [-0.15, -0.1) is 11.3 Å². The maximum Gasteiger partial charge on any atom is 0.281 e. The summed E-state index contributed by atoms with van der Waals surface area (Å²) < 4.78 is 1.68. The molecule has 0 fully saturated rings. The maximum atomic E-state index is 12.1. The summed E-state index contributed by atoms with van der Waals surface area (Å²) in [5.74, 6) is -0.359. The van der Waals surface area contributed by atoms with Gasteiger partial charge in [0.1, 0.15) is 0 Å². The molecule has 0 bridgehead atoms. The zero-order chi connectivity index (χ0) is 17.1. The van der Waals surface area contributed by atoms with Crippen molar-refractivity contribution in [2.24, 2.45) is 5.10 Å². The van der Waals surface area contributed by atoms with Crippen LogP contribution < -0.4 is 5.43 Å². The summed E-state index contributed by atoms with van der Waals surface area (Å²) >= 11 is 4.65. The highest BCUT2D eigenvalue weighted by Gasteiger charge is 2.12. The number of thiophene rings is 1. The first kappa shape index (κ1) is 16.3. The summed E-state index contributed by atoms with van der Waals surface area (Å²) in [5, 5.41) is 15.4. The monoisotopic (exact) mass is 403 g/mol. The van der Waals surface area contributed by atoms with E-state index in [1.165, 1.54) is 23.5 Å². The van der Waals surface area contributed by atoms with E-state index in [4.69, 9.17) is 0 Å². The molecule has 3 rings (SSSR count). The van der Waals surface area contributed by atoms with Gasteiger partial charge >= 0.3 is 0 Å². The number of benzene rings is 2. The smallest absolute Gasteiger partial charge is 0.266 e. The lowest BCUT2D eigenvalue weighted by Gasteiger charge is -1.97. The molecular formula is C16H10BrN3O3S. The molecule has 0 atom stereocenters. The van der Waals surface area contributed by atoms with Crippen molar-refractivity contribution in [3.8, 4) is 0 Å². The first-order chi connectivity index (χ1) is 11.5. The minimum absolute atomic E-state index is 0.000734. The molecule has 0 radical (unpaired) electrons. The van der Waals surface area contributed by atoms with Crippen LogP contribution >= 0.6 is 27.3 Å². The molecule has 1 aromatic heterocycles. The average Bonchev–Trinajstić information content (AvgIpc) is 2.99. The molecule has 0 spiro atoms. The lowest BCUT2D eigenvalue weighted by molar-refractivity contribution is -0.384. The summed E-state index contributed by atoms with van der Waals surface area (Å²) in [6, 6.07) is 13.6. The van der Waals surface area contributed by atoms with E-state index in [0.29, 0.717) is 10.3 Å². The second-order valence-electron chi connectivity index (χ2n) is 4.81. The van der Waals surface area contributed by atoms with Crippen LogP contribution in [0.3, 0.4) is 0 Å². The van der Waals surface area contributed by atoms with Gasteiger partial charge in [0.05, 0.1) is 16.0 Å². The van der Waals surface area contributed by atoms with Crippen molar-refractivity contribution in [2.45, 2.75) is 0 Å². The number of nitro groups is 1.